The first kappa shape index (κ1) is 17.5. The Bertz CT molecular complexity index is 1080. The smallest absolute Gasteiger partial charge is 0.267 e. The number of ether oxygens (including phenoxy) is 1. The number of fused-ring (bicyclic) bond motifs is 4. The standard InChI is InChI=1S/C25H25NO2S/c27-24-23(28-20-11-10-17-6-4-5-7-18(17)16-20)25(19-8-2-1-3-9-19)21-13-15-29-22(21)12-14-26(24)25/h4-7,10-11,13,15-16,19,23H,1-3,8-9,12,14H2/t23-,25+/m1/s1. The topological polar surface area (TPSA) is 29.5 Å². The van der Waals surface area contributed by atoms with Gasteiger partial charge in [-0.1, -0.05) is 49.6 Å². The zero-order valence-electron chi connectivity index (χ0n) is 16.5. The number of benzene rings is 2. The van der Waals surface area contributed by atoms with Crippen molar-refractivity contribution < 1.29 is 9.53 Å². The highest BCUT2D eigenvalue weighted by molar-refractivity contribution is 7.10. The van der Waals surface area contributed by atoms with Gasteiger partial charge in [-0.25, -0.2) is 0 Å². The lowest BCUT2D eigenvalue weighted by molar-refractivity contribution is -0.198. The molecular weight excluding hydrogens is 378 g/mol. The fourth-order valence-corrected chi connectivity index (χ4v) is 6.92. The van der Waals surface area contributed by atoms with E-state index in [0.29, 0.717) is 5.92 Å². The van der Waals surface area contributed by atoms with Crippen molar-refractivity contribution in [3.05, 3.63) is 64.4 Å². The maximum atomic E-state index is 13.2. The van der Waals surface area contributed by atoms with E-state index in [0.717, 1.165) is 24.1 Å². The predicted molar refractivity (Wildman–Crippen MR) is 116 cm³/mol. The van der Waals surface area contributed by atoms with Crippen LogP contribution in [0.1, 0.15) is 42.5 Å². The van der Waals surface area contributed by atoms with E-state index in [9.17, 15) is 4.79 Å². The van der Waals surface area contributed by atoms with Crippen molar-refractivity contribution in [2.45, 2.75) is 50.2 Å². The van der Waals surface area contributed by atoms with Crippen LogP contribution in [-0.2, 0) is 16.8 Å². The van der Waals surface area contributed by atoms with Crippen LogP contribution in [0.3, 0.4) is 0 Å². The molecule has 2 aromatic carbocycles. The van der Waals surface area contributed by atoms with Gasteiger partial charge < -0.3 is 9.64 Å². The Hall–Kier alpha value is -2.33. The maximum absolute atomic E-state index is 13.2. The molecule has 1 aliphatic carbocycles. The molecule has 0 N–H and O–H groups in total. The van der Waals surface area contributed by atoms with Gasteiger partial charge in [-0.05, 0) is 65.1 Å². The number of thiophene rings is 1. The summed E-state index contributed by atoms with van der Waals surface area (Å²) < 4.78 is 6.54. The van der Waals surface area contributed by atoms with Gasteiger partial charge in [0.25, 0.3) is 5.91 Å². The number of rotatable bonds is 3. The SMILES string of the molecule is O=C1[C@@H](Oc2ccc3ccccc3c2)[C@]2(C3CCCCC3)c3ccsc3CCN12. The molecule has 29 heavy (non-hydrogen) atoms. The van der Waals surface area contributed by atoms with Gasteiger partial charge in [0.05, 0.1) is 0 Å². The molecular formula is C25H25NO2S. The average molecular weight is 404 g/mol. The lowest BCUT2D eigenvalue weighted by atomic mass is 9.61. The monoisotopic (exact) mass is 403 g/mol. The summed E-state index contributed by atoms with van der Waals surface area (Å²) in [6, 6.07) is 16.8. The fraction of sp³-hybridized carbons (Fsp3) is 0.400. The van der Waals surface area contributed by atoms with E-state index in [1.54, 1.807) is 0 Å². The molecule has 3 aromatic rings. The van der Waals surface area contributed by atoms with Crippen LogP contribution in [0.15, 0.2) is 53.9 Å². The fourth-order valence-electron chi connectivity index (χ4n) is 5.99. The third kappa shape index (κ3) is 2.45. The second-order valence-corrected chi connectivity index (χ2v) is 9.67. The van der Waals surface area contributed by atoms with Crippen molar-refractivity contribution in [2.75, 3.05) is 6.54 Å². The largest absolute Gasteiger partial charge is 0.478 e. The molecule has 2 aliphatic heterocycles. The third-order valence-electron chi connectivity index (χ3n) is 7.28. The van der Waals surface area contributed by atoms with Gasteiger partial charge in [-0.15, -0.1) is 11.3 Å². The molecule has 3 heterocycles. The third-order valence-corrected chi connectivity index (χ3v) is 8.26. The van der Waals surface area contributed by atoms with E-state index in [4.69, 9.17) is 4.74 Å². The van der Waals surface area contributed by atoms with E-state index in [-0.39, 0.29) is 11.4 Å². The van der Waals surface area contributed by atoms with Crippen LogP contribution in [0.5, 0.6) is 5.75 Å². The van der Waals surface area contributed by atoms with Crippen LogP contribution in [-0.4, -0.2) is 23.5 Å². The van der Waals surface area contributed by atoms with E-state index < -0.39 is 6.10 Å². The summed E-state index contributed by atoms with van der Waals surface area (Å²) in [6.07, 6.45) is 6.80. The van der Waals surface area contributed by atoms with Gasteiger partial charge >= 0.3 is 0 Å². The van der Waals surface area contributed by atoms with Crippen LogP contribution < -0.4 is 4.74 Å². The minimum absolute atomic E-state index is 0.167. The molecule has 0 spiro atoms. The lowest BCUT2D eigenvalue weighted by Crippen LogP contribution is -2.78. The van der Waals surface area contributed by atoms with Crippen molar-refractivity contribution in [2.24, 2.45) is 5.92 Å². The van der Waals surface area contributed by atoms with Gasteiger partial charge in [0.2, 0.25) is 6.10 Å². The molecule has 2 atom stereocenters. The van der Waals surface area contributed by atoms with Gasteiger partial charge in [-0.3, -0.25) is 4.79 Å². The second kappa shape index (κ2) is 6.60. The van der Waals surface area contributed by atoms with Crippen LogP contribution >= 0.6 is 11.3 Å². The van der Waals surface area contributed by atoms with Gasteiger partial charge in [0.15, 0.2) is 0 Å². The van der Waals surface area contributed by atoms with Gasteiger partial charge in [0.1, 0.15) is 11.3 Å². The molecule has 1 saturated heterocycles. The Morgan fingerprint density at radius 1 is 1.00 bits per heavy atom. The quantitative estimate of drug-likeness (QED) is 0.539. The molecule has 4 heteroatoms. The molecule has 0 bridgehead atoms. The average Bonchev–Trinajstić information content (AvgIpc) is 3.25. The van der Waals surface area contributed by atoms with E-state index >= 15 is 0 Å². The predicted octanol–water partition coefficient (Wildman–Crippen LogP) is 5.52. The van der Waals surface area contributed by atoms with E-state index in [1.807, 2.05) is 29.5 Å². The molecule has 1 aromatic heterocycles. The molecule has 2 fully saturated rings. The van der Waals surface area contributed by atoms with E-state index in [1.165, 1.54) is 47.9 Å². The van der Waals surface area contributed by atoms with Crippen molar-refractivity contribution >= 4 is 28.0 Å². The Morgan fingerprint density at radius 3 is 2.69 bits per heavy atom. The van der Waals surface area contributed by atoms with E-state index in [2.05, 4.69) is 40.6 Å². The second-order valence-electron chi connectivity index (χ2n) is 8.66. The molecule has 1 amide bonds. The maximum Gasteiger partial charge on any atom is 0.267 e. The molecule has 1 saturated carbocycles. The van der Waals surface area contributed by atoms with Crippen molar-refractivity contribution in [3.63, 3.8) is 0 Å². The lowest BCUT2D eigenvalue weighted by Gasteiger charge is -2.62. The summed E-state index contributed by atoms with van der Waals surface area (Å²) in [5, 5.41) is 4.55. The number of β-lactam (4-membered cyclic amide) rings is 1. The Labute approximate surface area is 175 Å². The van der Waals surface area contributed by atoms with Crippen molar-refractivity contribution in [1.82, 2.24) is 4.90 Å². The van der Waals surface area contributed by atoms with Crippen LogP contribution in [0.25, 0.3) is 10.8 Å². The number of carbonyl (C=O) groups is 1. The number of hydrogen-bond donors (Lipinski definition) is 0. The minimum atomic E-state index is -0.402. The van der Waals surface area contributed by atoms with Gasteiger partial charge in [0, 0.05) is 11.4 Å². The molecule has 6 rings (SSSR count). The number of amides is 1. The minimum Gasteiger partial charge on any atom is -0.478 e. The Balaban J connectivity index is 1.43. The Kier molecular flexibility index (Phi) is 3.98. The molecule has 0 radical (unpaired) electrons. The van der Waals surface area contributed by atoms with Gasteiger partial charge in [-0.2, -0.15) is 0 Å². The van der Waals surface area contributed by atoms with Crippen LogP contribution in [0.4, 0.5) is 0 Å². The normalized spacial score (nSPS) is 26.7. The summed E-state index contributed by atoms with van der Waals surface area (Å²) in [5.41, 5.74) is 1.10. The highest BCUT2D eigenvalue weighted by atomic mass is 32.1. The summed E-state index contributed by atoms with van der Waals surface area (Å²) >= 11 is 1.85. The zero-order valence-corrected chi connectivity index (χ0v) is 17.3. The number of carbonyl (C=O) groups excluding carboxylic acids is 1. The molecule has 0 unspecified atom stereocenters. The Morgan fingerprint density at radius 2 is 1.83 bits per heavy atom. The molecule has 148 valence electrons. The van der Waals surface area contributed by atoms with Crippen molar-refractivity contribution in [3.8, 4) is 5.75 Å². The van der Waals surface area contributed by atoms with Crippen LogP contribution in [0.2, 0.25) is 0 Å². The highest BCUT2D eigenvalue weighted by Gasteiger charge is 2.67. The molecule has 3 nitrogen and oxygen atoms in total. The summed E-state index contributed by atoms with van der Waals surface area (Å²) in [5.74, 6) is 1.47. The first-order valence-electron chi connectivity index (χ1n) is 10.8. The first-order valence-corrected chi connectivity index (χ1v) is 11.7. The van der Waals surface area contributed by atoms with Crippen molar-refractivity contribution in [1.29, 1.82) is 0 Å². The number of nitrogens with zero attached hydrogens (tertiary/aromatic N) is 1. The summed E-state index contributed by atoms with van der Waals surface area (Å²) in [6.45, 7) is 0.834. The zero-order chi connectivity index (χ0) is 19.4. The van der Waals surface area contributed by atoms with Crippen LogP contribution in [0, 0.1) is 5.92 Å². The molecule has 3 aliphatic rings. The summed E-state index contributed by atoms with van der Waals surface area (Å²) in [7, 11) is 0. The first-order chi connectivity index (χ1) is 14.3. The summed E-state index contributed by atoms with van der Waals surface area (Å²) in [4.78, 5) is 16.9. The number of hydrogen-bond acceptors (Lipinski definition) is 3. The highest BCUT2D eigenvalue weighted by Crippen LogP contribution is 2.56.